The molecule has 1 aromatic carbocycles. The molecular weight excluding hydrogens is 316 g/mol. The van der Waals surface area contributed by atoms with E-state index in [1.807, 2.05) is 12.1 Å². The Balaban J connectivity index is 1.43. The molecule has 1 amide bonds. The lowest BCUT2D eigenvalue weighted by atomic mass is 10.0. The van der Waals surface area contributed by atoms with E-state index in [4.69, 9.17) is 4.52 Å². The van der Waals surface area contributed by atoms with Gasteiger partial charge in [0.25, 0.3) is 5.91 Å². The van der Waals surface area contributed by atoms with Gasteiger partial charge in [0, 0.05) is 31.1 Å². The van der Waals surface area contributed by atoms with Gasteiger partial charge in [-0.1, -0.05) is 24.2 Å². The van der Waals surface area contributed by atoms with Gasteiger partial charge in [0.15, 0.2) is 0 Å². The summed E-state index contributed by atoms with van der Waals surface area (Å²) in [6.45, 7) is 8.20. The average Bonchev–Trinajstić information content (AvgIpc) is 3.05. The number of hydrogen-bond donors (Lipinski definition) is 1. The summed E-state index contributed by atoms with van der Waals surface area (Å²) in [6, 6.07) is 7.27. The monoisotopic (exact) mass is 342 g/mol. The van der Waals surface area contributed by atoms with E-state index in [0.717, 1.165) is 24.4 Å². The third-order valence-electron chi connectivity index (χ3n) is 4.61. The summed E-state index contributed by atoms with van der Waals surface area (Å²) in [5.41, 5.74) is 1.49. The van der Waals surface area contributed by atoms with Crippen molar-refractivity contribution >= 4 is 5.91 Å². The molecule has 1 aliphatic heterocycles. The fraction of sp³-hybridized carbons (Fsp3) is 0.526. The molecule has 1 atom stereocenters. The minimum Gasteiger partial charge on any atom is -0.352 e. The average molecular weight is 342 g/mol. The number of benzene rings is 1. The summed E-state index contributed by atoms with van der Waals surface area (Å²) in [5, 5.41) is 6.88. The number of nitrogens with one attached hydrogen (secondary N) is 1. The van der Waals surface area contributed by atoms with Crippen molar-refractivity contribution in [3.63, 3.8) is 0 Å². The van der Waals surface area contributed by atoms with Gasteiger partial charge in [-0.05, 0) is 50.4 Å². The van der Waals surface area contributed by atoms with Crippen LogP contribution in [0.25, 0.3) is 11.4 Å². The summed E-state index contributed by atoms with van der Waals surface area (Å²) < 4.78 is 4.97. The zero-order valence-electron chi connectivity index (χ0n) is 15.0. The van der Waals surface area contributed by atoms with Crippen molar-refractivity contribution in [1.82, 2.24) is 20.4 Å². The van der Waals surface area contributed by atoms with Gasteiger partial charge in [0.1, 0.15) is 0 Å². The molecule has 2 aromatic rings. The lowest BCUT2D eigenvalue weighted by molar-refractivity contribution is 0.0950. The topological polar surface area (TPSA) is 71.3 Å². The number of carbonyl (C=O) groups is 1. The van der Waals surface area contributed by atoms with Crippen LogP contribution >= 0.6 is 0 Å². The highest BCUT2D eigenvalue weighted by molar-refractivity contribution is 5.94. The molecule has 6 heteroatoms. The van der Waals surface area contributed by atoms with E-state index >= 15 is 0 Å². The van der Waals surface area contributed by atoms with Crippen LogP contribution in [0.5, 0.6) is 0 Å². The van der Waals surface area contributed by atoms with E-state index < -0.39 is 0 Å². The Morgan fingerprint density at radius 3 is 2.84 bits per heavy atom. The zero-order valence-corrected chi connectivity index (χ0v) is 15.0. The predicted molar refractivity (Wildman–Crippen MR) is 96.3 cm³/mol. The highest BCUT2D eigenvalue weighted by Gasteiger charge is 2.15. The smallest absolute Gasteiger partial charge is 0.251 e. The van der Waals surface area contributed by atoms with Crippen molar-refractivity contribution in [2.45, 2.75) is 33.1 Å². The molecule has 1 aliphatic rings. The Bertz CT molecular complexity index is 696. The summed E-state index contributed by atoms with van der Waals surface area (Å²) >= 11 is 0. The Morgan fingerprint density at radius 2 is 2.16 bits per heavy atom. The largest absolute Gasteiger partial charge is 0.352 e. The first-order chi connectivity index (χ1) is 12.1. The highest BCUT2D eigenvalue weighted by atomic mass is 16.5. The molecule has 25 heavy (non-hydrogen) atoms. The molecule has 0 bridgehead atoms. The zero-order chi connectivity index (χ0) is 17.6. The number of amides is 1. The number of carbonyl (C=O) groups excluding carboxylic acids is 1. The molecule has 2 heterocycles. The van der Waals surface area contributed by atoms with E-state index in [-0.39, 0.29) is 5.91 Å². The van der Waals surface area contributed by atoms with Crippen molar-refractivity contribution in [2.24, 2.45) is 5.92 Å². The normalized spacial score (nSPS) is 18.2. The Kier molecular flexibility index (Phi) is 5.81. The van der Waals surface area contributed by atoms with Gasteiger partial charge in [-0.3, -0.25) is 4.79 Å². The number of piperidine rings is 1. The highest BCUT2D eigenvalue weighted by Crippen LogP contribution is 2.17. The third kappa shape index (κ3) is 4.89. The van der Waals surface area contributed by atoms with Crippen molar-refractivity contribution < 1.29 is 9.32 Å². The van der Waals surface area contributed by atoms with Gasteiger partial charge in [0.05, 0.1) is 0 Å². The first kappa shape index (κ1) is 17.6. The summed E-state index contributed by atoms with van der Waals surface area (Å²) in [7, 11) is 0. The molecule has 3 rings (SSSR count). The summed E-state index contributed by atoms with van der Waals surface area (Å²) in [5.74, 6) is 1.83. The molecule has 0 saturated carbocycles. The molecule has 1 aromatic heterocycles. The number of likely N-dealkylation sites (tertiary alicyclic amines) is 1. The molecule has 1 saturated heterocycles. The van der Waals surface area contributed by atoms with Crippen LogP contribution in [0.1, 0.15) is 42.4 Å². The van der Waals surface area contributed by atoms with Crippen LogP contribution < -0.4 is 5.32 Å². The lowest BCUT2D eigenvalue weighted by Crippen LogP contribution is -2.36. The molecule has 0 aliphatic carbocycles. The van der Waals surface area contributed by atoms with Crippen LogP contribution in [0.2, 0.25) is 0 Å². The quantitative estimate of drug-likeness (QED) is 0.817. The van der Waals surface area contributed by atoms with Crippen LogP contribution in [-0.4, -0.2) is 47.1 Å². The summed E-state index contributed by atoms with van der Waals surface area (Å²) in [6.07, 6.45) is 3.62. The number of hydrogen-bond acceptors (Lipinski definition) is 5. The van der Waals surface area contributed by atoms with Gasteiger partial charge in [0.2, 0.25) is 11.7 Å². The third-order valence-corrected chi connectivity index (χ3v) is 4.61. The second-order valence-electron chi connectivity index (χ2n) is 6.87. The van der Waals surface area contributed by atoms with Crippen molar-refractivity contribution in [3.05, 3.63) is 35.7 Å². The minimum absolute atomic E-state index is 0.0390. The van der Waals surface area contributed by atoms with Crippen LogP contribution in [0.3, 0.4) is 0 Å². The maximum atomic E-state index is 12.2. The Hall–Kier alpha value is -2.21. The molecule has 1 N–H and O–H groups in total. The van der Waals surface area contributed by atoms with Crippen LogP contribution in [0.4, 0.5) is 0 Å². The van der Waals surface area contributed by atoms with Crippen molar-refractivity contribution in [1.29, 1.82) is 0 Å². The van der Waals surface area contributed by atoms with E-state index in [9.17, 15) is 4.79 Å². The van der Waals surface area contributed by atoms with E-state index in [0.29, 0.717) is 23.8 Å². The Morgan fingerprint density at radius 1 is 1.36 bits per heavy atom. The molecule has 1 unspecified atom stereocenters. The molecule has 0 radical (unpaired) electrons. The maximum Gasteiger partial charge on any atom is 0.251 e. The molecule has 0 spiro atoms. The van der Waals surface area contributed by atoms with E-state index in [1.54, 1.807) is 19.1 Å². The first-order valence-electron chi connectivity index (χ1n) is 9.03. The van der Waals surface area contributed by atoms with Crippen molar-refractivity contribution in [3.8, 4) is 11.4 Å². The first-order valence-corrected chi connectivity index (χ1v) is 9.03. The number of nitrogens with zero attached hydrogens (tertiary/aromatic N) is 3. The predicted octanol–water partition coefficient (Wildman–Crippen LogP) is 2.90. The maximum absolute atomic E-state index is 12.2. The van der Waals surface area contributed by atoms with Gasteiger partial charge in [-0.2, -0.15) is 4.98 Å². The van der Waals surface area contributed by atoms with Gasteiger partial charge >= 0.3 is 0 Å². The van der Waals surface area contributed by atoms with E-state index in [2.05, 4.69) is 27.3 Å². The van der Waals surface area contributed by atoms with Crippen molar-refractivity contribution in [2.75, 3.05) is 26.2 Å². The second-order valence-corrected chi connectivity index (χ2v) is 6.87. The Labute approximate surface area is 148 Å². The van der Waals surface area contributed by atoms with Crippen LogP contribution in [0, 0.1) is 12.8 Å². The van der Waals surface area contributed by atoms with Gasteiger partial charge in [-0.15, -0.1) is 0 Å². The molecule has 134 valence electrons. The van der Waals surface area contributed by atoms with Crippen LogP contribution in [0.15, 0.2) is 28.8 Å². The SMILES string of the molecule is Cc1nc(-c2ccc(C(=O)NCCCN3CCCC(C)C3)cc2)no1. The van der Waals surface area contributed by atoms with Crippen LogP contribution in [-0.2, 0) is 0 Å². The van der Waals surface area contributed by atoms with E-state index in [1.165, 1.54) is 25.9 Å². The van der Waals surface area contributed by atoms with Gasteiger partial charge in [-0.25, -0.2) is 0 Å². The standard InChI is InChI=1S/C19H26N4O2/c1-14-5-3-11-23(13-14)12-4-10-20-19(24)17-8-6-16(7-9-17)18-21-15(2)25-22-18/h6-9,14H,3-5,10-13H2,1-2H3,(H,20,24). The minimum atomic E-state index is -0.0390. The molecule has 1 fully saturated rings. The lowest BCUT2D eigenvalue weighted by Gasteiger charge is -2.30. The number of aromatic nitrogens is 2. The molecule has 6 nitrogen and oxygen atoms in total. The summed E-state index contributed by atoms with van der Waals surface area (Å²) in [4.78, 5) is 18.9. The number of aryl methyl sites for hydroxylation is 1. The number of rotatable bonds is 6. The second kappa shape index (κ2) is 8.25. The fourth-order valence-corrected chi connectivity index (χ4v) is 3.28. The molecular formula is C19H26N4O2. The fourth-order valence-electron chi connectivity index (χ4n) is 3.28. The van der Waals surface area contributed by atoms with Gasteiger partial charge < -0.3 is 14.7 Å².